The van der Waals surface area contributed by atoms with Gasteiger partial charge in [0.15, 0.2) is 0 Å². The second-order valence-electron chi connectivity index (χ2n) is 9.53. The van der Waals surface area contributed by atoms with Crippen molar-refractivity contribution in [2.24, 2.45) is 0 Å². The number of imide groups is 1. The Morgan fingerprint density at radius 2 is 1.74 bits per heavy atom. The number of aryl methyl sites for hydroxylation is 1. The number of fused-ring (bicyclic) bond motifs is 1. The second kappa shape index (κ2) is 9.92. The van der Waals surface area contributed by atoms with Crippen LogP contribution in [0.25, 0.3) is 11.0 Å². The van der Waals surface area contributed by atoms with Crippen LogP contribution < -0.4 is 0 Å². The highest BCUT2D eigenvalue weighted by atomic mass is 16.2. The Morgan fingerprint density at radius 1 is 1.03 bits per heavy atom. The van der Waals surface area contributed by atoms with Crippen molar-refractivity contribution in [2.45, 2.75) is 31.7 Å². The smallest absolute Gasteiger partial charge is 0.240 e. The molecule has 0 unspecified atom stereocenters. The third-order valence-electron chi connectivity index (χ3n) is 6.67. The number of hydrogen-bond acceptors (Lipinski definition) is 6. The lowest BCUT2D eigenvalue weighted by atomic mass is 9.74. The Balaban J connectivity index is 1.60. The van der Waals surface area contributed by atoms with Crippen molar-refractivity contribution in [3.63, 3.8) is 0 Å². The highest BCUT2D eigenvalue weighted by Gasteiger charge is 2.54. The van der Waals surface area contributed by atoms with Gasteiger partial charge < -0.3 is 9.80 Å². The molecule has 2 heterocycles. The maximum atomic E-state index is 13.8. The van der Waals surface area contributed by atoms with Crippen LogP contribution in [0.4, 0.5) is 0 Å². The first-order valence-electron chi connectivity index (χ1n) is 11.7. The van der Waals surface area contributed by atoms with Crippen LogP contribution in [0.15, 0.2) is 54.9 Å². The largest absolute Gasteiger partial charge is 0.341 e. The van der Waals surface area contributed by atoms with Gasteiger partial charge in [-0.25, -0.2) is 0 Å². The molecular formula is C27H31N5O3. The summed E-state index contributed by atoms with van der Waals surface area (Å²) in [6.07, 6.45) is 3.21. The predicted octanol–water partition coefficient (Wildman–Crippen LogP) is 2.55. The maximum absolute atomic E-state index is 13.8. The van der Waals surface area contributed by atoms with Crippen molar-refractivity contribution in [1.29, 1.82) is 0 Å². The van der Waals surface area contributed by atoms with E-state index in [-0.39, 0.29) is 30.6 Å². The van der Waals surface area contributed by atoms with Crippen LogP contribution in [-0.2, 0) is 26.3 Å². The number of rotatable bonds is 8. The van der Waals surface area contributed by atoms with Crippen molar-refractivity contribution in [3.05, 3.63) is 71.5 Å². The first-order chi connectivity index (χ1) is 16.7. The molecule has 3 aromatic rings. The number of amides is 3. The van der Waals surface area contributed by atoms with Crippen molar-refractivity contribution in [1.82, 2.24) is 24.7 Å². The van der Waals surface area contributed by atoms with E-state index >= 15 is 0 Å². The van der Waals surface area contributed by atoms with Crippen LogP contribution in [0.3, 0.4) is 0 Å². The number of carbonyl (C=O) groups is 3. The van der Waals surface area contributed by atoms with E-state index in [1.807, 2.05) is 68.4 Å². The van der Waals surface area contributed by atoms with Crippen LogP contribution in [0.2, 0.25) is 0 Å². The molecule has 4 rings (SSSR count). The molecule has 8 heteroatoms. The van der Waals surface area contributed by atoms with E-state index < -0.39 is 5.41 Å². The molecule has 35 heavy (non-hydrogen) atoms. The van der Waals surface area contributed by atoms with Gasteiger partial charge in [-0.3, -0.25) is 29.3 Å². The number of likely N-dealkylation sites (tertiary alicyclic amines) is 1. The van der Waals surface area contributed by atoms with Gasteiger partial charge in [0.1, 0.15) is 0 Å². The molecule has 0 saturated carbocycles. The van der Waals surface area contributed by atoms with Crippen LogP contribution in [0.5, 0.6) is 0 Å². The summed E-state index contributed by atoms with van der Waals surface area (Å²) >= 11 is 0. The number of aromatic nitrogens is 2. The summed E-state index contributed by atoms with van der Waals surface area (Å²) in [5.41, 5.74) is 2.90. The molecule has 0 radical (unpaired) electrons. The normalized spacial score (nSPS) is 18.0. The molecule has 8 nitrogen and oxygen atoms in total. The molecule has 3 amide bonds. The number of carbonyl (C=O) groups excluding carboxylic acids is 3. The molecule has 2 aromatic carbocycles. The van der Waals surface area contributed by atoms with E-state index in [1.165, 1.54) is 4.90 Å². The lowest BCUT2D eigenvalue weighted by Crippen LogP contribution is -2.44. The molecule has 1 aliphatic rings. The Hall–Kier alpha value is -3.65. The van der Waals surface area contributed by atoms with E-state index in [1.54, 1.807) is 24.3 Å². The fourth-order valence-electron chi connectivity index (χ4n) is 4.74. The van der Waals surface area contributed by atoms with E-state index in [0.29, 0.717) is 19.6 Å². The Morgan fingerprint density at radius 3 is 2.46 bits per heavy atom. The van der Waals surface area contributed by atoms with Crippen molar-refractivity contribution >= 4 is 28.8 Å². The van der Waals surface area contributed by atoms with Crippen molar-refractivity contribution in [3.8, 4) is 0 Å². The molecule has 182 valence electrons. The van der Waals surface area contributed by atoms with Crippen LogP contribution in [0, 0.1) is 6.92 Å². The Bertz CT molecular complexity index is 1270. The fourth-order valence-corrected chi connectivity index (χ4v) is 4.74. The van der Waals surface area contributed by atoms with E-state index in [2.05, 4.69) is 9.97 Å². The predicted molar refractivity (Wildman–Crippen MR) is 133 cm³/mol. The van der Waals surface area contributed by atoms with E-state index in [4.69, 9.17) is 0 Å². The SMILES string of the molecule is Cc1ccccc1[C@@]1(CC(=O)N(C)Cc2ccc3nccnc3c2)CC(=O)N(CCN(C)C)C1=O. The summed E-state index contributed by atoms with van der Waals surface area (Å²) in [6.45, 7) is 3.16. The minimum Gasteiger partial charge on any atom is -0.341 e. The van der Waals surface area contributed by atoms with Gasteiger partial charge >= 0.3 is 0 Å². The van der Waals surface area contributed by atoms with Gasteiger partial charge in [-0.05, 0) is 49.8 Å². The quantitative estimate of drug-likeness (QED) is 0.468. The fraction of sp³-hybridized carbons (Fsp3) is 0.370. The van der Waals surface area contributed by atoms with Gasteiger partial charge in [-0.15, -0.1) is 0 Å². The summed E-state index contributed by atoms with van der Waals surface area (Å²) < 4.78 is 0. The molecule has 1 atom stereocenters. The lowest BCUT2D eigenvalue weighted by Gasteiger charge is -2.30. The molecule has 0 N–H and O–H groups in total. The number of benzene rings is 2. The number of nitrogens with zero attached hydrogens (tertiary/aromatic N) is 5. The molecule has 1 aliphatic heterocycles. The first-order valence-corrected chi connectivity index (χ1v) is 11.7. The van der Waals surface area contributed by atoms with Crippen LogP contribution >= 0.6 is 0 Å². The summed E-state index contributed by atoms with van der Waals surface area (Å²) in [6, 6.07) is 13.3. The molecule has 1 aromatic heterocycles. The summed E-state index contributed by atoms with van der Waals surface area (Å²) in [5, 5.41) is 0. The lowest BCUT2D eigenvalue weighted by molar-refractivity contribution is -0.142. The standard InChI is InChI=1S/C27H31N5O3/c1-19-7-5-6-8-21(19)27(17-25(34)32(26(27)35)14-13-30(2)3)16-24(33)31(4)18-20-9-10-22-23(15-20)29-12-11-28-22/h5-12,15H,13-14,16-18H2,1-4H3/t27-/m1/s1. The topological polar surface area (TPSA) is 86.7 Å². The highest BCUT2D eigenvalue weighted by molar-refractivity contribution is 6.11. The van der Waals surface area contributed by atoms with Gasteiger partial charge in [0, 0.05) is 51.9 Å². The van der Waals surface area contributed by atoms with Crippen molar-refractivity contribution < 1.29 is 14.4 Å². The number of likely N-dealkylation sites (N-methyl/N-ethyl adjacent to an activating group) is 1. The van der Waals surface area contributed by atoms with E-state index in [9.17, 15) is 14.4 Å². The third kappa shape index (κ3) is 4.93. The summed E-state index contributed by atoms with van der Waals surface area (Å²) in [5.74, 6) is -0.715. The highest BCUT2D eigenvalue weighted by Crippen LogP contribution is 2.41. The molecular weight excluding hydrogens is 442 g/mol. The molecule has 0 aliphatic carbocycles. The summed E-state index contributed by atoms with van der Waals surface area (Å²) in [4.78, 5) is 53.8. The zero-order valence-electron chi connectivity index (χ0n) is 20.7. The van der Waals surface area contributed by atoms with Crippen LogP contribution in [-0.4, -0.2) is 76.6 Å². The van der Waals surface area contributed by atoms with Crippen molar-refractivity contribution in [2.75, 3.05) is 34.2 Å². The van der Waals surface area contributed by atoms with Gasteiger partial charge in [0.2, 0.25) is 17.7 Å². The van der Waals surface area contributed by atoms with Gasteiger partial charge in [-0.2, -0.15) is 0 Å². The molecule has 1 fully saturated rings. The summed E-state index contributed by atoms with van der Waals surface area (Å²) in [7, 11) is 5.52. The molecule has 0 bridgehead atoms. The minimum absolute atomic E-state index is 0.00470. The van der Waals surface area contributed by atoms with Crippen LogP contribution in [0.1, 0.15) is 29.5 Å². The zero-order chi connectivity index (χ0) is 25.2. The number of hydrogen-bond donors (Lipinski definition) is 0. The van der Waals surface area contributed by atoms with E-state index in [0.717, 1.165) is 27.7 Å². The third-order valence-corrected chi connectivity index (χ3v) is 6.67. The minimum atomic E-state index is -1.20. The average Bonchev–Trinajstić information content (AvgIpc) is 3.07. The zero-order valence-corrected chi connectivity index (χ0v) is 20.7. The van der Waals surface area contributed by atoms with Gasteiger partial charge in [-0.1, -0.05) is 30.3 Å². The Kier molecular flexibility index (Phi) is 6.93. The van der Waals surface area contributed by atoms with Gasteiger partial charge in [0.25, 0.3) is 0 Å². The second-order valence-corrected chi connectivity index (χ2v) is 9.53. The average molecular weight is 474 g/mol. The van der Waals surface area contributed by atoms with Gasteiger partial charge in [0.05, 0.1) is 16.4 Å². The molecule has 0 spiro atoms. The molecule has 1 saturated heterocycles. The monoisotopic (exact) mass is 473 g/mol. The first kappa shape index (κ1) is 24.5. The maximum Gasteiger partial charge on any atom is 0.240 e. The Labute approximate surface area is 205 Å².